The van der Waals surface area contributed by atoms with E-state index in [2.05, 4.69) is 10.3 Å². The molecule has 0 aliphatic carbocycles. The Labute approximate surface area is 226 Å². The molecule has 204 valence electrons. The summed E-state index contributed by atoms with van der Waals surface area (Å²) in [4.78, 5) is 60.1. The zero-order valence-electron chi connectivity index (χ0n) is 21.9. The van der Waals surface area contributed by atoms with Gasteiger partial charge < -0.3 is 24.2 Å². The molecule has 0 saturated carbocycles. The van der Waals surface area contributed by atoms with Gasteiger partial charge in [0.1, 0.15) is 25.0 Å². The van der Waals surface area contributed by atoms with Gasteiger partial charge in [0.15, 0.2) is 11.6 Å². The number of nitrogens with one attached hydrogen (secondary N) is 1. The molecule has 5 heterocycles. The molecular weight excluding hydrogens is 502 g/mol. The highest BCUT2D eigenvalue weighted by Gasteiger charge is 2.39. The SMILES string of the molecule is CN1CCOc2cc(C(=O)N3CCCCC3COc3ccc4c(c3)CN(C3CCC(=O)NC3=O)C4=O)cnc21. The molecule has 11 heteroatoms. The van der Waals surface area contributed by atoms with Crippen LogP contribution < -0.4 is 19.7 Å². The fraction of sp³-hybridized carbons (Fsp3) is 0.464. The molecule has 1 N–H and O–H groups in total. The second-order valence-corrected chi connectivity index (χ2v) is 10.5. The quantitative estimate of drug-likeness (QED) is 0.577. The van der Waals surface area contributed by atoms with E-state index in [0.29, 0.717) is 48.8 Å². The first-order valence-electron chi connectivity index (χ1n) is 13.4. The van der Waals surface area contributed by atoms with Crippen molar-refractivity contribution in [2.24, 2.45) is 0 Å². The maximum absolute atomic E-state index is 13.5. The normalized spacial score (nSPS) is 22.7. The Hall–Kier alpha value is -4.15. The molecule has 4 amide bonds. The lowest BCUT2D eigenvalue weighted by molar-refractivity contribution is -0.136. The number of likely N-dealkylation sites (N-methyl/N-ethyl adjacent to an activating group) is 1. The van der Waals surface area contributed by atoms with Gasteiger partial charge in [0, 0.05) is 38.3 Å². The van der Waals surface area contributed by atoms with E-state index < -0.39 is 11.9 Å². The third-order valence-corrected chi connectivity index (χ3v) is 7.95. The van der Waals surface area contributed by atoms with Gasteiger partial charge in [-0.3, -0.25) is 24.5 Å². The number of carbonyl (C=O) groups is 4. The number of hydrogen-bond donors (Lipinski definition) is 1. The van der Waals surface area contributed by atoms with E-state index in [9.17, 15) is 19.2 Å². The first-order chi connectivity index (χ1) is 18.9. The van der Waals surface area contributed by atoms with Crippen molar-refractivity contribution in [1.82, 2.24) is 20.1 Å². The van der Waals surface area contributed by atoms with E-state index in [1.54, 1.807) is 24.4 Å². The summed E-state index contributed by atoms with van der Waals surface area (Å²) in [6.07, 6.45) is 4.92. The number of imide groups is 1. The minimum Gasteiger partial charge on any atom is -0.491 e. The number of ether oxygens (including phenoxy) is 2. The van der Waals surface area contributed by atoms with Crippen molar-refractivity contribution in [1.29, 1.82) is 0 Å². The number of carbonyl (C=O) groups excluding carboxylic acids is 4. The molecule has 2 fully saturated rings. The van der Waals surface area contributed by atoms with Gasteiger partial charge in [-0.05, 0) is 55.5 Å². The number of nitrogens with zero attached hydrogens (tertiary/aromatic N) is 4. The van der Waals surface area contributed by atoms with Gasteiger partial charge in [-0.2, -0.15) is 0 Å². The fourth-order valence-corrected chi connectivity index (χ4v) is 5.79. The molecule has 39 heavy (non-hydrogen) atoms. The lowest BCUT2D eigenvalue weighted by Crippen LogP contribution is -2.52. The molecule has 4 aliphatic rings. The molecule has 0 bridgehead atoms. The summed E-state index contributed by atoms with van der Waals surface area (Å²) in [5, 5.41) is 2.32. The molecule has 4 aliphatic heterocycles. The number of rotatable bonds is 5. The van der Waals surface area contributed by atoms with Crippen molar-refractivity contribution in [3.63, 3.8) is 0 Å². The van der Waals surface area contributed by atoms with Crippen molar-refractivity contribution in [3.8, 4) is 11.5 Å². The van der Waals surface area contributed by atoms with E-state index in [4.69, 9.17) is 9.47 Å². The van der Waals surface area contributed by atoms with Crippen molar-refractivity contribution < 1.29 is 28.7 Å². The van der Waals surface area contributed by atoms with Crippen LogP contribution in [0.2, 0.25) is 0 Å². The van der Waals surface area contributed by atoms with Gasteiger partial charge in [-0.25, -0.2) is 4.98 Å². The van der Waals surface area contributed by atoms with Crippen LogP contribution in [0.1, 0.15) is 58.4 Å². The monoisotopic (exact) mass is 533 g/mol. The Morgan fingerprint density at radius 3 is 2.87 bits per heavy atom. The van der Waals surface area contributed by atoms with Crippen LogP contribution in [0.3, 0.4) is 0 Å². The largest absolute Gasteiger partial charge is 0.491 e. The maximum Gasteiger partial charge on any atom is 0.255 e. The Balaban J connectivity index is 1.12. The van der Waals surface area contributed by atoms with Gasteiger partial charge in [0.25, 0.3) is 11.8 Å². The van der Waals surface area contributed by atoms with Crippen molar-refractivity contribution in [2.45, 2.75) is 50.7 Å². The minimum absolute atomic E-state index is 0.0881. The number of benzene rings is 1. The number of likely N-dealkylation sites (tertiary alicyclic amines) is 1. The topological polar surface area (TPSA) is 121 Å². The van der Waals surface area contributed by atoms with E-state index in [0.717, 1.165) is 37.2 Å². The van der Waals surface area contributed by atoms with Crippen LogP contribution in [0.15, 0.2) is 30.5 Å². The van der Waals surface area contributed by atoms with Gasteiger partial charge in [-0.15, -0.1) is 0 Å². The number of piperidine rings is 2. The predicted molar refractivity (Wildman–Crippen MR) is 140 cm³/mol. The average molecular weight is 534 g/mol. The van der Waals surface area contributed by atoms with Crippen LogP contribution >= 0.6 is 0 Å². The Morgan fingerprint density at radius 2 is 2.03 bits per heavy atom. The van der Waals surface area contributed by atoms with Crippen molar-refractivity contribution in [3.05, 3.63) is 47.2 Å². The summed E-state index contributed by atoms with van der Waals surface area (Å²) in [6.45, 7) is 2.57. The van der Waals surface area contributed by atoms with Gasteiger partial charge >= 0.3 is 0 Å². The van der Waals surface area contributed by atoms with Crippen LogP contribution in [0, 0.1) is 0 Å². The molecule has 2 aromatic rings. The molecular formula is C28H31N5O6. The first-order valence-corrected chi connectivity index (χ1v) is 13.4. The summed E-state index contributed by atoms with van der Waals surface area (Å²) in [6, 6.07) is 6.33. The van der Waals surface area contributed by atoms with Crippen LogP contribution in [0.25, 0.3) is 0 Å². The molecule has 6 rings (SSSR count). The highest BCUT2D eigenvalue weighted by molar-refractivity contribution is 6.05. The van der Waals surface area contributed by atoms with Crippen LogP contribution in [0.4, 0.5) is 5.82 Å². The molecule has 2 saturated heterocycles. The molecule has 0 radical (unpaired) electrons. The fourth-order valence-electron chi connectivity index (χ4n) is 5.79. The zero-order chi connectivity index (χ0) is 27.1. The van der Waals surface area contributed by atoms with Gasteiger partial charge in [-0.1, -0.05) is 0 Å². The van der Waals surface area contributed by atoms with E-state index in [1.165, 1.54) is 4.90 Å². The number of aromatic nitrogens is 1. The maximum atomic E-state index is 13.5. The molecule has 2 unspecified atom stereocenters. The molecule has 11 nitrogen and oxygen atoms in total. The average Bonchev–Trinajstić information content (AvgIpc) is 3.26. The van der Waals surface area contributed by atoms with Gasteiger partial charge in [0.05, 0.1) is 18.2 Å². The molecule has 1 aromatic heterocycles. The standard InChI is InChI=1S/C28H31N5O6/c1-31-10-11-38-23-13-17(14-29-25(23)31)27(36)32-9-3-2-4-19(32)16-39-20-5-6-21-18(12-20)15-33(28(21)37)22-7-8-24(34)30-26(22)35/h5-6,12-14,19,22H,2-4,7-11,15-16H2,1H3,(H,30,34,35). The third-order valence-electron chi connectivity index (χ3n) is 7.95. The zero-order valence-corrected chi connectivity index (χ0v) is 21.9. The summed E-state index contributed by atoms with van der Waals surface area (Å²) in [5.41, 5.74) is 1.82. The van der Waals surface area contributed by atoms with Gasteiger partial charge in [0.2, 0.25) is 11.8 Å². The summed E-state index contributed by atoms with van der Waals surface area (Å²) >= 11 is 0. The lowest BCUT2D eigenvalue weighted by Gasteiger charge is -2.36. The Kier molecular flexibility index (Phi) is 6.58. The van der Waals surface area contributed by atoms with Crippen molar-refractivity contribution in [2.75, 3.05) is 38.3 Å². The van der Waals surface area contributed by atoms with Crippen LogP contribution in [0.5, 0.6) is 11.5 Å². The highest BCUT2D eigenvalue weighted by Crippen LogP contribution is 2.32. The Morgan fingerprint density at radius 1 is 1.15 bits per heavy atom. The van der Waals surface area contributed by atoms with Crippen LogP contribution in [-0.4, -0.2) is 83.8 Å². The highest BCUT2D eigenvalue weighted by atomic mass is 16.5. The summed E-state index contributed by atoms with van der Waals surface area (Å²) in [7, 11) is 1.95. The number of amides is 4. The smallest absolute Gasteiger partial charge is 0.255 e. The summed E-state index contributed by atoms with van der Waals surface area (Å²) < 4.78 is 11.9. The number of hydrogen-bond acceptors (Lipinski definition) is 8. The first kappa shape index (κ1) is 25.1. The predicted octanol–water partition coefficient (Wildman–Crippen LogP) is 1.74. The number of pyridine rings is 1. The molecule has 2 atom stereocenters. The lowest BCUT2D eigenvalue weighted by atomic mass is 10.0. The van der Waals surface area contributed by atoms with E-state index in [-0.39, 0.29) is 36.7 Å². The second kappa shape index (κ2) is 10.2. The van der Waals surface area contributed by atoms with E-state index in [1.807, 2.05) is 22.9 Å². The third kappa shape index (κ3) is 4.77. The van der Waals surface area contributed by atoms with Crippen LogP contribution in [-0.2, 0) is 16.1 Å². The molecule has 1 aromatic carbocycles. The number of fused-ring (bicyclic) bond motifs is 2. The van der Waals surface area contributed by atoms with E-state index >= 15 is 0 Å². The Bertz CT molecular complexity index is 1350. The molecule has 0 spiro atoms. The number of anilines is 1. The second-order valence-electron chi connectivity index (χ2n) is 10.5. The van der Waals surface area contributed by atoms with Crippen molar-refractivity contribution >= 4 is 29.4 Å². The summed E-state index contributed by atoms with van der Waals surface area (Å²) in [5.74, 6) is 0.921. The minimum atomic E-state index is -0.655.